The Kier molecular flexibility index (Phi) is 6.15. The molecule has 0 N–H and O–H groups in total. The normalized spacial score (nSPS) is 11.1. The molecule has 0 saturated carbocycles. The van der Waals surface area contributed by atoms with Crippen molar-refractivity contribution in [2.75, 3.05) is 18.1 Å². The summed E-state index contributed by atoms with van der Waals surface area (Å²) >= 11 is 0. The summed E-state index contributed by atoms with van der Waals surface area (Å²) in [6, 6.07) is 0. The van der Waals surface area contributed by atoms with E-state index in [-0.39, 0.29) is 12.4 Å². The number of Topliss-reactive ketones (excluding diaryl/α,β-unsaturated/α-hetero) is 1. The van der Waals surface area contributed by atoms with E-state index in [9.17, 15) is 18.0 Å². The largest absolute Gasteiger partial charge is 0.466 e. The van der Waals surface area contributed by atoms with E-state index >= 15 is 0 Å². The fourth-order valence-corrected chi connectivity index (χ4v) is 2.41. The molecule has 0 aromatic carbocycles. The van der Waals surface area contributed by atoms with Crippen LogP contribution in [0, 0.1) is 0 Å². The van der Waals surface area contributed by atoms with Crippen LogP contribution in [-0.2, 0) is 24.2 Å². The lowest BCUT2D eigenvalue weighted by Gasteiger charge is -2.02. The second-order valence-electron chi connectivity index (χ2n) is 3.11. The Morgan fingerprint density at radius 3 is 2.27 bits per heavy atom. The molecule has 0 spiro atoms. The highest BCUT2D eigenvalue weighted by molar-refractivity contribution is 7.92. The molecule has 0 amide bonds. The van der Waals surface area contributed by atoms with Crippen molar-refractivity contribution in [1.29, 1.82) is 0 Å². The summed E-state index contributed by atoms with van der Waals surface area (Å²) in [5.74, 6) is -1.88. The van der Waals surface area contributed by atoms with Gasteiger partial charge in [0.05, 0.1) is 12.4 Å². The first kappa shape index (κ1) is 14.1. The quantitative estimate of drug-likeness (QED) is 0.470. The predicted molar refractivity (Wildman–Crippen MR) is 55.2 cm³/mol. The van der Waals surface area contributed by atoms with Crippen molar-refractivity contribution in [2.24, 2.45) is 0 Å². The summed E-state index contributed by atoms with van der Waals surface area (Å²) in [6.45, 7) is 3.53. The van der Waals surface area contributed by atoms with E-state index in [1.807, 2.05) is 0 Å². The zero-order valence-corrected chi connectivity index (χ0v) is 9.80. The predicted octanol–water partition coefficient (Wildman–Crippen LogP) is 0.333. The Bertz CT molecular complexity index is 317. The molecule has 0 aromatic rings. The lowest BCUT2D eigenvalue weighted by atomic mass is 10.3. The van der Waals surface area contributed by atoms with E-state index in [4.69, 9.17) is 0 Å². The molecule has 0 aliphatic heterocycles. The molecule has 0 atom stereocenters. The highest BCUT2D eigenvalue weighted by Gasteiger charge is 2.18. The number of carbonyl (C=O) groups excluding carboxylic acids is 2. The maximum Gasteiger partial charge on any atom is 0.313 e. The molecule has 88 valence electrons. The SMILES string of the molecule is CCCS(=O)(=O)CC(=O)CC(=O)OCC. The molecule has 0 bridgehead atoms. The number of carbonyl (C=O) groups is 2. The van der Waals surface area contributed by atoms with Gasteiger partial charge in [-0.05, 0) is 13.3 Å². The van der Waals surface area contributed by atoms with Gasteiger partial charge >= 0.3 is 5.97 Å². The third-order valence-electron chi connectivity index (χ3n) is 1.54. The van der Waals surface area contributed by atoms with Crippen molar-refractivity contribution in [3.05, 3.63) is 0 Å². The first-order chi connectivity index (χ1) is 6.91. The lowest BCUT2D eigenvalue weighted by molar-refractivity contribution is -0.145. The van der Waals surface area contributed by atoms with Crippen LogP contribution >= 0.6 is 0 Å². The van der Waals surface area contributed by atoms with Gasteiger partial charge in [0.2, 0.25) is 0 Å². The first-order valence-electron chi connectivity index (χ1n) is 4.79. The molecule has 0 heterocycles. The summed E-state index contributed by atoms with van der Waals surface area (Å²) in [6.07, 6.45) is 0.00576. The smallest absolute Gasteiger partial charge is 0.313 e. The Labute approximate surface area is 89.7 Å². The van der Waals surface area contributed by atoms with Crippen LogP contribution in [0.25, 0.3) is 0 Å². The van der Waals surface area contributed by atoms with Crippen LogP contribution in [0.3, 0.4) is 0 Å². The van der Waals surface area contributed by atoms with Crippen LogP contribution < -0.4 is 0 Å². The number of ether oxygens (including phenoxy) is 1. The highest BCUT2D eigenvalue weighted by Crippen LogP contribution is 1.98. The molecule has 0 rings (SSSR count). The number of hydrogen-bond acceptors (Lipinski definition) is 5. The molecule has 0 fully saturated rings. The van der Waals surface area contributed by atoms with E-state index in [1.165, 1.54) is 0 Å². The van der Waals surface area contributed by atoms with Crippen molar-refractivity contribution in [1.82, 2.24) is 0 Å². The van der Waals surface area contributed by atoms with E-state index in [2.05, 4.69) is 4.74 Å². The van der Waals surface area contributed by atoms with Gasteiger partial charge in [0.25, 0.3) is 0 Å². The molecular weight excluding hydrogens is 220 g/mol. The fraction of sp³-hybridized carbons (Fsp3) is 0.778. The topological polar surface area (TPSA) is 77.5 Å². The summed E-state index contributed by atoms with van der Waals surface area (Å²) < 4.78 is 26.9. The molecule has 0 aliphatic carbocycles. The molecule has 5 nitrogen and oxygen atoms in total. The number of esters is 1. The van der Waals surface area contributed by atoms with Gasteiger partial charge < -0.3 is 4.74 Å². The molecule has 0 aromatic heterocycles. The van der Waals surface area contributed by atoms with Crippen molar-refractivity contribution in [3.8, 4) is 0 Å². The third-order valence-corrected chi connectivity index (χ3v) is 3.33. The van der Waals surface area contributed by atoms with E-state index in [0.717, 1.165) is 0 Å². The minimum Gasteiger partial charge on any atom is -0.466 e. The van der Waals surface area contributed by atoms with Gasteiger partial charge in [0, 0.05) is 0 Å². The van der Waals surface area contributed by atoms with Gasteiger partial charge in [-0.1, -0.05) is 6.92 Å². The van der Waals surface area contributed by atoms with Crippen molar-refractivity contribution in [3.63, 3.8) is 0 Å². The average molecular weight is 236 g/mol. The van der Waals surface area contributed by atoms with Gasteiger partial charge in [0.15, 0.2) is 15.6 Å². The summed E-state index contributed by atoms with van der Waals surface area (Å²) in [5, 5.41) is 0. The van der Waals surface area contributed by atoms with Crippen LogP contribution in [0.1, 0.15) is 26.7 Å². The first-order valence-corrected chi connectivity index (χ1v) is 6.61. The number of sulfone groups is 1. The van der Waals surface area contributed by atoms with E-state index < -0.39 is 33.8 Å². The standard InChI is InChI=1S/C9H16O5S/c1-3-5-15(12,13)7-8(10)6-9(11)14-4-2/h3-7H2,1-2H3. The zero-order valence-electron chi connectivity index (χ0n) is 8.99. The molecule has 0 aliphatic rings. The van der Waals surface area contributed by atoms with Crippen LogP contribution in [0.4, 0.5) is 0 Å². The Balaban J connectivity index is 4.09. The second-order valence-corrected chi connectivity index (χ2v) is 5.30. The maximum absolute atomic E-state index is 11.2. The second kappa shape index (κ2) is 6.55. The minimum atomic E-state index is -3.35. The van der Waals surface area contributed by atoms with Crippen molar-refractivity contribution >= 4 is 21.6 Å². The number of hydrogen-bond donors (Lipinski definition) is 0. The molecule has 6 heteroatoms. The number of ketones is 1. The highest BCUT2D eigenvalue weighted by atomic mass is 32.2. The van der Waals surface area contributed by atoms with E-state index in [0.29, 0.717) is 6.42 Å². The number of rotatable bonds is 7. The van der Waals surface area contributed by atoms with Crippen LogP contribution in [0.15, 0.2) is 0 Å². The van der Waals surface area contributed by atoms with Gasteiger partial charge in [-0.15, -0.1) is 0 Å². The van der Waals surface area contributed by atoms with Crippen LogP contribution in [0.5, 0.6) is 0 Å². The van der Waals surface area contributed by atoms with E-state index in [1.54, 1.807) is 13.8 Å². The molecule has 0 unspecified atom stereocenters. The minimum absolute atomic E-state index is 0.0262. The Hall–Kier alpha value is -0.910. The van der Waals surface area contributed by atoms with Crippen molar-refractivity contribution in [2.45, 2.75) is 26.7 Å². The maximum atomic E-state index is 11.2. The lowest BCUT2D eigenvalue weighted by Crippen LogP contribution is -2.21. The molecular formula is C9H16O5S. The van der Waals surface area contributed by atoms with Gasteiger partial charge in [-0.2, -0.15) is 0 Å². The van der Waals surface area contributed by atoms with Gasteiger partial charge in [-0.25, -0.2) is 8.42 Å². The average Bonchev–Trinajstić information content (AvgIpc) is 2.01. The van der Waals surface area contributed by atoms with Gasteiger partial charge in [0.1, 0.15) is 12.2 Å². The summed E-state index contributed by atoms with van der Waals surface area (Å²) in [7, 11) is -3.35. The molecule has 15 heavy (non-hydrogen) atoms. The monoisotopic (exact) mass is 236 g/mol. The zero-order chi connectivity index (χ0) is 11.9. The summed E-state index contributed by atoms with van der Waals surface area (Å²) in [4.78, 5) is 22.0. The van der Waals surface area contributed by atoms with Crippen LogP contribution in [-0.4, -0.2) is 38.3 Å². The molecule has 0 saturated heterocycles. The molecule has 0 radical (unpaired) electrons. The third kappa shape index (κ3) is 7.07. The van der Waals surface area contributed by atoms with Crippen molar-refractivity contribution < 1.29 is 22.7 Å². The fourth-order valence-electron chi connectivity index (χ4n) is 1.05. The Morgan fingerprint density at radius 2 is 1.80 bits per heavy atom. The summed E-state index contributed by atoms with van der Waals surface area (Å²) in [5.41, 5.74) is 0. The Morgan fingerprint density at radius 1 is 1.20 bits per heavy atom. The van der Waals surface area contributed by atoms with Gasteiger partial charge in [-0.3, -0.25) is 9.59 Å². The van der Waals surface area contributed by atoms with Crippen LogP contribution in [0.2, 0.25) is 0 Å².